The summed E-state index contributed by atoms with van der Waals surface area (Å²) >= 11 is 0. The first kappa shape index (κ1) is 25.5. The number of ether oxygens (including phenoxy) is 1. The van der Waals surface area contributed by atoms with Crippen LogP contribution in [0.4, 0.5) is 32.1 Å². The molecule has 0 saturated carbocycles. The number of aliphatic hydroxyl groups is 1. The lowest BCUT2D eigenvalue weighted by molar-refractivity contribution is -0.171. The van der Waals surface area contributed by atoms with Crippen LogP contribution in [-0.4, -0.2) is 91.3 Å². The summed E-state index contributed by atoms with van der Waals surface area (Å²) in [6.07, 6.45) is 0.411. The van der Waals surface area contributed by atoms with Gasteiger partial charge in [-0.25, -0.2) is 27.2 Å². The van der Waals surface area contributed by atoms with Crippen molar-refractivity contribution in [3.8, 4) is 0 Å². The molecule has 2 fully saturated rings. The molecule has 2 aliphatic rings. The molecule has 2 N–H and O–H groups in total. The van der Waals surface area contributed by atoms with Crippen LogP contribution in [0.15, 0.2) is 36.7 Å². The molecule has 4 atom stereocenters. The number of alkyl halides is 2. The lowest BCUT2D eigenvalue weighted by atomic mass is 9.88. The van der Waals surface area contributed by atoms with Crippen molar-refractivity contribution in [2.75, 3.05) is 53.8 Å². The van der Waals surface area contributed by atoms with E-state index in [2.05, 4.69) is 49.8 Å². The Morgan fingerprint density at radius 1 is 1.22 bits per heavy atom. The van der Waals surface area contributed by atoms with E-state index in [0.717, 1.165) is 26.9 Å². The van der Waals surface area contributed by atoms with Crippen molar-refractivity contribution < 1.29 is 31.2 Å². The van der Waals surface area contributed by atoms with E-state index in [0.29, 0.717) is 12.4 Å². The summed E-state index contributed by atoms with van der Waals surface area (Å²) in [6, 6.07) is 7.61. The maximum atomic E-state index is 14.8. The number of methoxy groups -OCH3 is 1. The maximum Gasteiger partial charge on any atom is 0.293 e. The molecule has 3 aromatic rings. The molecule has 0 spiro atoms. The Labute approximate surface area is 242 Å². The number of rotatable bonds is 8. The smallest absolute Gasteiger partial charge is 0.293 e. The van der Waals surface area contributed by atoms with Gasteiger partial charge in [-0.15, -0.1) is 0 Å². The molecule has 1 aromatic carbocycles. The molecule has 0 radical (unpaired) electrons. The number of sulfone groups is 1. The maximum absolute atomic E-state index is 14.8. The van der Waals surface area contributed by atoms with Crippen LogP contribution in [0, 0.1) is 5.92 Å². The van der Waals surface area contributed by atoms with Gasteiger partial charge in [0.2, 0.25) is 5.95 Å². The molecule has 0 bridgehead atoms. The van der Waals surface area contributed by atoms with Crippen LogP contribution in [-0.2, 0) is 14.6 Å². The van der Waals surface area contributed by atoms with Gasteiger partial charge in [-0.2, -0.15) is 4.98 Å². The third-order valence-corrected chi connectivity index (χ3v) is 8.88. The number of nitrogens with one attached hydrogen (secondary N) is 1. The van der Waals surface area contributed by atoms with E-state index in [-0.39, 0.29) is 41.9 Å². The lowest BCUT2D eigenvalue weighted by Gasteiger charge is -2.48. The molecular formula is C28H36F2N6O4S. The molecule has 41 heavy (non-hydrogen) atoms. The predicted molar refractivity (Wildman–Crippen MR) is 155 cm³/mol. The largest absolute Gasteiger partial charge is 0.388 e. The highest BCUT2D eigenvalue weighted by Gasteiger charge is 2.50. The van der Waals surface area contributed by atoms with E-state index in [1.807, 2.05) is 19.1 Å². The first-order chi connectivity index (χ1) is 20.4. The molecule has 13 heteroatoms. The Morgan fingerprint density at radius 3 is 2.66 bits per heavy atom. The number of β-amino-alcohol motifs (C(OH)–C–C–N with tert-alkyl or cyclic N) is 1. The number of aliphatic hydroxyl groups excluding tert-OH is 1. The standard InChI is InChI=1S/C28H36F2N6O4S/c1-16(2)19-6-7-22(36-12-18(17(36)3)14-41(5,38)39)21-11-32-25(10-20(19)21)33-24-8-9-31-27(34-24)35-13-23(37)26(40-4)28(29,30)15-35/h6-11,16-18,23,26,37H,12-15H2,1-5H3,(H,31,32,33,34)/t17-,18-,23+,26+/m1/s1/i4D3. The van der Waals surface area contributed by atoms with Crippen LogP contribution in [0.5, 0.6) is 0 Å². The monoisotopic (exact) mass is 593 g/mol. The van der Waals surface area contributed by atoms with Gasteiger partial charge in [0, 0.05) is 61.8 Å². The summed E-state index contributed by atoms with van der Waals surface area (Å²) in [5.41, 5.74) is 2.06. The number of anilines is 4. The van der Waals surface area contributed by atoms with Crippen molar-refractivity contribution >= 4 is 43.9 Å². The van der Waals surface area contributed by atoms with Gasteiger partial charge in [0.05, 0.1) is 16.4 Å². The highest BCUT2D eigenvalue weighted by atomic mass is 32.2. The lowest BCUT2D eigenvalue weighted by Crippen LogP contribution is -2.60. The molecule has 0 amide bonds. The van der Waals surface area contributed by atoms with E-state index in [1.165, 1.54) is 12.5 Å². The summed E-state index contributed by atoms with van der Waals surface area (Å²) in [5, 5.41) is 15.3. The number of fused-ring (bicyclic) bond motifs is 1. The Bertz CT molecular complexity index is 1650. The second-order valence-electron chi connectivity index (χ2n) is 11.3. The third kappa shape index (κ3) is 5.93. The van der Waals surface area contributed by atoms with Gasteiger partial charge < -0.3 is 25.0 Å². The van der Waals surface area contributed by atoms with Crippen LogP contribution in [0.25, 0.3) is 10.8 Å². The summed E-state index contributed by atoms with van der Waals surface area (Å²) in [4.78, 5) is 16.3. The normalized spacial score (nSPS) is 25.9. The number of nitrogens with zero attached hydrogens (tertiary/aromatic N) is 5. The minimum absolute atomic E-state index is 0.0473. The molecule has 5 rings (SSSR count). The minimum atomic E-state index is -3.68. The Kier molecular flexibility index (Phi) is 6.80. The fraction of sp³-hybridized carbons (Fsp3) is 0.536. The van der Waals surface area contributed by atoms with Crippen LogP contribution in [0.2, 0.25) is 0 Å². The van der Waals surface area contributed by atoms with Gasteiger partial charge in [0.15, 0.2) is 0 Å². The molecule has 2 aliphatic heterocycles. The third-order valence-electron chi connectivity index (χ3n) is 7.85. The number of hydrogen-bond acceptors (Lipinski definition) is 10. The van der Waals surface area contributed by atoms with Gasteiger partial charge in [-0.1, -0.05) is 19.9 Å². The molecule has 2 saturated heterocycles. The molecule has 222 valence electrons. The van der Waals surface area contributed by atoms with Crippen molar-refractivity contribution in [2.45, 2.75) is 50.9 Å². The van der Waals surface area contributed by atoms with Crippen molar-refractivity contribution in [3.05, 3.63) is 42.2 Å². The summed E-state index contributed by atoms with van der Waals surface area (Å²) < 4.78 is 79.3. The van der Waals surface area contributed by atoms with Crippen molar-refractivity contribution in [1.82, 2.24) is 15.0 Å². The van der Waals surface area contributed by atoms with Gasteiger partial charge >= 0.3 is 0 Å². The van der Waals surface area contributed by atoms with Crippen molar-refractivity contribution in [3.63, 3.8) is 0 Å². The van der Waals surface area contributed by atoms with Gasteiger partial charge in [-0.3, -0.25) is 0 Å². The number of benzene rings is 1. The van der Waals surface area contributed by atoms with E-state index < -0.39 is 41.6 Å². The predicted octanol–water partition coefficient (Wildman–Crippen LogP) is 3.59. The molecular weight excluding hydrogens is 554 g/mol. The number of aromatic nitrogens is 3. The van der Waals surface area contributed by atoms with Gasteiger partial charge in [0.1, 0.15) is 33.7 Å². The van der Waals surface area contributed by atoms with Crippen LogP contribution in [0.3, 0.4) is 0 Å². The highest BCUT2D eigenvalue weighted by Crippen LogP contribution is 2.40. The zero-order chi connectivity index (χ0) is 32.2. The average molecular weight is 594 g/mol. The van der Waals surface area contributed by atoms with Crippen LogP contribution < -0.4 is 15.1 Å². The number of pyridine rings is 1. The fourth-order valence-electron chi connectivity index (χ4n) is 5.69. The quantitative estimate of drug-likeness (QED) is 0.401. The van der Waals surface area contributed by atoms with E-state index in [1.54, 1.807) is 12.3 Å². The Morgan fingerprint density at radius 2 is 2.00 bits per heavy atom. The van der Waals surface area contributed by atoms with E-state index in [4.69, 9.17) is 4.11 Å². The SMILES string of the molecule is [2H]C([2H])([2H])O[C@H]1[C@@H](O)CN(c2nccc(Nc3cc4c(C(C)C)ccc(N5C[C@H](CS(C)(=O)=O)[C@H]5C)c4cn3)n2)CC1(F)F. The fourth-order valence-corrected chi connectivity index (χ4v) is 6.85. The van der Waals surface area contributed by atoms with E-state index in [9.17, 15) is 22.3 Å². The van der Waals surface area contributed by atoms with Gasteiger partial charge in [-0.05, 0) is 42.0 Å². The average Bonchev–Trinajstić information content (AvgIpc) is 2.91. The Hall–Kier alpha value is -3.16. The first-order valence-electron chi connectivity index (χ1n) is 14.9. The molecule has 0 unspecified atom stereocenters. The number of piperidine rings is 1. The summed E-state index contributed by atoms with van der Waals surface area (Å²) in [6.45, 7) is 5.53. The van der Waals surface area contributed by atoms with Crippen molar-refractivity contribution in [2.24, 2.45) is 5.92 Å². The minimum Gasteiger partial charge on any atom is -0.388 e. The zero-order valence-corrected chi connectivity index (χ0v) is 24.1. The molecule has 4 heterocycles. The highest BCUT2D eigenvalue weighted by molar-refractivity contribution is 7.90. The number of halogens is 2. The number of hydrogen-bond donors (Lipinski definition) is 2. The molecule has 0 aliphatic carbocycles. The molecule has 2 aromatic heterocycles. The summed E-state index contributed by atoms with van der Waals surface area (Å²) in [5.74, 6) is -2.63. The topological polar surface area (TPSA) is 121 Å². The second kappa shape index (κ2) is 10.9. The first-order valence-corrected chi connectivity index (χ1v) is 15.4. The van der Waals surface area contributed by atoms with Crippen LogP contribution >= 0.6 is 0 Å². The Balaban J connectivity index is 1.38. The molecule has 10 nitrogen and oxygen atoms in total. The van der Waals surface area contributed by atoms with Gasteiger partial charge in [0.25, 0.3) is 5.92 Å². The van der Waals surface area contributed by atoms with Crippen LogP contribution in [0.1, 0.15) is 36.4 Å². The zero-order valence-electron chi connectivity index (χ0n) is 26.3. The van der Waals surface area contributed by atoms with E-state index >= 15 is 0 Å². The van der Waals surface area contributed by atoms with Crippen molar-refractivity contribution in [1.29, 1.82) is 0 Å². The second-order valence-corrected chi connectivity index (χ2v) is 13.5. The summed E-state index contributed by atoms with van der Waals surface area (Å²) in [7, 11) is -6.17.